The lowest BCUT2D eigenvalue weighted by Gasteiger charge is -2.29. The number of ketones is 1. The highest BCUT2D eigenvalue weighted by Crippen LogP contribution is 2.31. The van der Waals surface area contributed by atoms with E-state index in [1.165, 1.54) is 4.31 Å². The number of hydrogen-bond donors (Lipinski definition) is 0. The molecule has 0 amide bonds. The van der Waals surface area contributed by atoms with E-state index in [0.29, 0.717) is 22.7 Å². The molecular weight excluding hydrogens is 286 g/mol. The van der Waals surface area contributed by atoms with Crippen molar-refractivity contribution in [3.63, 3.8) is 0 Å². The number of rotatable bonds is 4. The quantitative estimate of drug-likeness (QED) is 0.859. The molecular formula is C13H16ClNO3S. The van der Waals surface area contributed by atoms with Crippen molar-refractivity contribution in [3.05, 3.63) is 28.8 Å². The number of unbranched alkanes of at least 4 members (excludes halogenated alkanes) is 1. The Morgan fingerprint density at radius 1 is 1.37 bits per heavy atom. The normalized spacial score (nSPS) is 15.5. The number of benzene rings is 1. The van der Waals surface area contributed by atoms with Crippen molar-refractivity contribution in [2.75, 3.05) is 16.6 Å². The second kappa shape index (κ2) is 5.51. The van der Waals surface area contributed by atoms with E-state index in [1.807, 2.05) is 6.92 Å². The minimum absolute atomic E-state index is 0.0561. The van der Waals surface area contributed by atoms with E-state index in [2.05, 4.69) is 0 Å². The van der Waals surface area contributed by atoms with Crippen LogP contribution in [0.2, 0.25) is 5.02 Å². The zero-order valence-electron chi connectivity index (χ0n) is 10.7. The van der Waals surface area contributed by atoms with Crippen molar-refractivity contribution >= 4 is 33.1 Å². The van der Waals surface area contributed by atoms with Crippen molar-refractivity contribution in [3.8, 4) is 0 Å². The largest absolute Gasteiger partial charge is 0.294 e. The summed E-state index contributed by atoms with van der Waals surface area (Å²) in [7, 11) is -3.36. The van der Waals surface area contributed by atoms with Gasteiger partial charge in [-0.2, -0.15) is 0 Å². The van der Waals surface area contributed by atoms with E-state index in [1.54, 1.807) is 18.2 Å². The Morgan fingerprint density at radius 2 is 2.11 bits per heavy atom. The number of fused-ring (bicyclic) bond motifs is 1. The summed E-state index contributed by atoms with van der Waals surface area (Å²) in [5.74, 6) is 0.0548. The maximum atomic E-state index is 12.3. The second-order valence-electron chi connectivity index (χ2n) is 4.58. The van der Waals surface area contributed by atoms with Crippen LogP contribution in [-0.2, 0) is 10.0 Å². The highest BCUT2D eigenvalue weighted by atomic mass is 35.5. The fourth-order valence-electron chi connectivity index (χ4n) is 2.13. The highest BCUT2D eigenvalue weighted by molar-refractivity contribution is 7.92. The summed E-state index contributed by atoms with van der Waals surface area (Å²) in [6, 6.07) is 4.76. The molecule has 0 spiro atoms. The fraction of sp³-hybridized carbons (Fsp3) is 0.462. The van der Waals surface area contributed by atoms with E-state index >= 15 is 0 Å². The molecule has 1 heterocycles. The van der Waals surface area contributed by atoms with Crippen LogP contribution in [0.3, 0.4) is 0 Å². The third-order valence-electron chi connectivity index (χ3n) is 3.16. The molecule has 6 heteroatoms. The first kappa shape index (κ1) is 14.3. The first-order valence-electron chi connectivity index (χ1n) is 6.29. The molecule has 0 aliphatic carbocycles. The number of nitrogens with zero attached hydrogens (tertiary/aromatic N) is 1. The minimum atomic E-state index is -3.36. The van der Waals surface area contributed by atoms with Gasteiger partial charge < -0.3 is 0 Å². The zero-order valence-corrected chi connectivity index (χ0v) is 12.3. The molecule has 1 aromatic rings. The Hall–Kier alpha value is -1.07. The van der Waals surface area contributed by atoms with Gasteiger partial charge in [-0.25, -0.2) is 8.42 Å². The van der Waals surface area contributed by atoms with Crippen molar-refractivity contribution < 1.29 is 13.2 Å². The molecule has 0 unspecified atom stereocenters. The van der Waals surface area contributed by atoms with Gasteiger partial charge in [-0.15, -0.1) is 0 Å². The molecule has 19 heavy (non-hydrogen) atoms. The van der Waals surface area contributed by atoms with Gasteiger partial charge in [0.1, 0.15) is 0 Å². The molecule has 0 saturated heterocycles. The maximum absolute atomic E-state index is 12.3. The second-order valence-corrected chi connectivity index (χ2v) is 7.03. The summed E-state index contributed by atoms with van der Waals surface area (Å²) < 4.78 is 25.9. The molecule has 1 aromatic carbocycles. The third-order valence-corrected chi connectivity index (χ3v) is 5.25. The number of carbonyl (C=O) groups excluding carboxylic acids is 1. The predicted octanol–water partition coefficient (Wildman–Crippen LogP) is 2.86. The van der Waals surface area contributed by atoms with Gasteiger partial charge in [0.15, 0.2) is 5.78 Å². The number of Topliss-reactive ketones (excluding diaryl/α,β-unsaturated/α-hetero) is 1. The highest BCUT2D eigenvalue weighted by Gasteiger charge is 2.30. The molecule has 2 rings (SSSR count). The first-order valence-corrected chi connectivity index (χ1v) is 8.27. The average molecular weight is 302 g/mol. The smallest absolute Gasteiger partial charge is 0.235 e. The van der Waals surface area contributed by atoms with Crippen LogP contribution in [0, 0.1) is 0 Å². The van der Waals surface area contributed by atoms with Gasteiger partial charge in [-0.1, -0.05) is 24.9 Å². The van der Waals surface area contributed by atoms with Crippen LogP contribution < -0.4 is 4.31 Å². The Bertz CT molecular complexity index is 598. The molecule has 0 fully saturated rings. The van der Waals surface area contributed by atoms with Gasteiger partial charge in [0.2, 0.25) is 10.0 Å². The number of hydrogen-bond acceptors (Lipinski definition) is 3. The summed E-state index contributed by atoms with van der Waals surface area (Å²) >= 11 is 5.87. The Kier molecular flexibility index (Phi) is 4.16. The summed E-state index contributed by atoms with van der Waals surface area (Å²) in [5.41, 5.74) is 0.857. The van der Waals surface area contributed by atoms with Gasteiger partial charge in [-0.05, 0) is 24.6 Å². The molecule has 0 bridgehead atoms. The van der Waals surface area contributed by atoms with Crippen molar-refractivity contribution in [2.45, 2.75) is 26.2 Å². The monoisotopic (exact) mass is 301 g/mol. The average Bonchev–Trinajstić information content (AvgIpc) is 2.37. The minimum Gasteiger partial charge on any atom is -0.294 e. The van der Waals surface area contributed by atoms with Crippen molar-refractivity contribution in [1.29, 1.82) is 0 Å². The topological polar surface area (TPSA) is 54.5 Å². The van der Waals surface area contributed by atoms with Gasteiger partial charge in [0, 0.05) is 23.6 Å². The summed E-state index contributed by atoms with van der Waals surface area (Å²) in [5, 5.41) is 0.444. The Morgan fingerprint density at radius 3 is 2.79 bits per heavy atom. The fourth-order valence-corrected chi connectivity index (χ4v) is 4.01. The van der Waals surface area contributed by atoms with Crippen LogP contribution in [0.25, 0.3) is 0 Å². The molecule has 4 nitrogen and oxygen atoms in total. The van der Waals surface area contributed by atoms with Crippen LogP contribution >= 0.6 is 11.6 Å². The first-order chi connectivity index (χ1) is 8.95. The lowest BCUT2D eigenvalue weighted by Crippen LogP contribution is -2.38. The summed E-state index contributed by atoms with van der Waals surface area (Å²) in [4.78, 5) is 11.8. The summed E-state index contributed by atoms with van der Waals surface area (Å²) in [6.07, 6.45) is 1.65. The van der Waals surface area contributed by atoms with Gasteiger partial charge in [0.05, 0.1) is 11.4 Å². The molecule has 0 aromatic heterocycles. The predicted molar refractivity (Wildman–Crippen MR) is 76.4 cm³/mol. The standard InChI is InChI=1S/C13H16ClNO3S/c1-2-3-8-19(17,18)15-7-6-13(16)11-9-10(14)4-5-12(11)15/h4-5,9H,2-3,6-8H2,1H3. The zero-order chi connectivity index (χ0) is 14.0. The van der Waals surface area contributed by atoms with E-state index in [4.69, 9.17) is 11.6 Å². The lowest BCUT2D eigenvalue weighted by atomic mass is 10.0. The number of halogens is 1. The van der Waals surface area contributed by atoms with E-state index < -0.39 is 10.0 Å². The number of anilines is 1. The van der Waals surface area contributed by atoms with Crippen LogP contribution in [0.15, 0.2) is 18.2 Å². The summed E-state index contributed by atoms with van der Waals surface area (Å²) in [6.45, 7) is 2.17. The molecule has 0 atom stereocenters. The lowest BCUT2D eigenvalue weighted by molar-refractivity contribution is 0.0982. The molecule has 1 aliphatic rings. The number of carbonyl (C=O) groups is 1. The van der Waals surface area contributed by atoms with Crippen LogP contribution in [0.4, 0.5) is 5.69 Å². The molecule has 0 radical (unpaired) electrons. The van der Waals surface area contributed by atoms with Crippen molar-refractivity contribution in [2.24, 2.45) is 0 Å². The maximum Gasteiger partial charge on any atom is 0.235 e. The van der Waals surface area contributed by atoms with E-state index in [0.717, 1.165) is 6.42 Å². The Labute approximate surface area is 118 Å². The molecule has 104 valence electrons. The SMILES string of the molecule is CCCCS(=O)(=O)N1CCC(=O)c2cc(Cl)ccc21. The Balaban J connectivity index is 2.41. The van der Waals surface area contributed by atoms with E-state index in [9.17, 15) is 13.2 Å². The molecule has 1 aliphatic heterocycles. The van der Waals surface area contributed by atoms with Gasteiger partial charge in [0.25, 0.3) is 0 Å². The van der Waals surface area contributed by atoms with Gasteiger partial charge >= 0.3 is 0 Å². The molecule has 0 N–H and O–H groups in total. The van der Waals surface area contributed by atoms with E-state index in [-0.39, 0.29) is 24.5 Å². The van der Waals surface area contributed by atoms with Crippen LogP contribution in [0.1, 0.15) is 36.5 Å². The van der Waals surface area contributed by atoms with Gasteiger partial charge in [-0.3, -0.25) is 9.10 Å². The van der Waals surface area contributed by atoms with Crippen LogP contribution in [-0.4, -0.2) is 26.5 Å². The molecule has 0 saturated carbocycles. The third kappa shape index (κ3) is 2.92. The van der Waals surface area contributed by atoms with Crippen molar-refractivity contribution in [1.82, 2.24) is 0 Å². The van der Waals surface area contributed by atoms with Crippen LogP contribution in [0.5, 0.6) is 0 Å². The number of sulfonamides is 1.